The van der Waals surface area contributed by atoms with Crippen LogP contribution in [0.2, 0.25) is 0 Å². The highest BCUT2D eigenvalue weighted by Crippen LogP contribution is 2.22. The number of amides is 2. The summed E-state index contributed by atoms with van der Waals surface area (Å²) in [6, 6.07) is 5.63. The molecule has 1 unspecified atom stereocenters. The monoisotopic (exact) mass is 261 g/mol. The Labute approximate surface area is 110 Å². The van der Waals surface area contributed by atoms with E-state index in [1.165, 1.54) is 5.56 Å². The molecule has 2 heterocycles. The molecule has 0 saturated carbocycles. The number of hydrogen-bond donors (Lipinski definition) is 3. The lowest BCUT2D eigenvalue weighted by Gasteiger charge is -2.10. The number of fused-ring (bicyclic) bond motifs is 1. The number of benzene rings is 1. The van der Waals surface area contributed by atoms with E-state index in [0.717, 1.165) is 18.7 Å². The molecule has 0 aromatic heterocycles. The standard InChI is InChI=1S/C13H15N3O3/c17-12(15-6-10-7-16-13(18)19-10)9-1-2-11-8(5-9)3-4-14-11/h1-2,5,10,14H,3-4,6-7H2,(H,15,17)(H,16,18). The normalized spacial score (nSPS) is 20.2. The molecule has 0 aliphatic carbocycles. The molecule has 2 aliphatic rings. The largest absolute Gasteiger partial charge is 0.442 e. The van der Waals surface area contributed by atoms with Gasteiger partial charge in [-0.05, 0) is 30.2 Å². The van der Waals surface area contributed by atoms with Gasteiger partial charge in [-0.25, -0.2) is 4.79 Å². The zero-order chi connectivity index (χ0) is 13.2. The van der Waals surface area contributed by atoms with Crippen molar-refractivity contribution in [3.63, 3.8) is 0 Å². The lowest BCUT2D eigenvalue weighted by molar-refractivity contribution is 0.0916. The molecule has 2 aliphatic heterocycles. The van der Waals surface area contributed by atoms with Gasteiger partial charge < -0.3 is 20.7 Å². The van der Waals surface area contributed by atoms with Crippen LogP contribution in [0.25, 0.3) is 0 Å². The van der Waals surface area contributed by atoms with Crippen LogP contribution in [0.5, 0.6) is 0 Å². The quantitative estimate of drug-likeness (QED) is 0.740. The molecule has 0 bridgehead atoms. The third kappa shape index (κ3) is 2.47. The first-order chi connectivity index (χ1) is 9.22. The minimum absolute atomic E-state index is 0.141. The molecule has 1 aromatic carbocycles. The number of rotatable bonds is 3. The summed E-state index contributed by atoms with van der Waals surface area (Å²) in [6.07, 6.45) is 0.232. The summed E-state index contributed by atoms with van der Waals surface area (Å²) in [7, 11) is 0. The number of alkyl carbamates (subject to hydrolysis) is 1. The van der Waals surface area contributed by atoms with Crippen LogP contribution >= 0.6 is 0 Å². The number of nitrogens with one attached hydrogen (secondary N) is 3. The lowest BCUT2D eigenvalue weighted by Crippen LogP contribution is -2.33. The van der Waals surface area contributed by atoms with E-state index in [1.54, 1.807) is 6.07 Å². The molecule has 0 spiro atoms. The van der Waals surface area contributed by atoms with Crippen molar-refractivity contribution in [3.8, 4) is 0 Å². The van der Waals surface area contributed by atoms with Crippen LogP contribution in [0.15, 0.2) is 18.2 Å². The third-order valence-corrected chi connectivity index (χ3v) is 3.32. The van der Waals surface area contributed by atoms with E-state index >= 15 is 0 Å². The van der Waals surface area contributed by atoms with Gasteiger partial charge in [-0.15, -0.1) is 0 Å². The van der Waals surface area contributed by atoms with Crippen LogP contribution in [0.1, 0.15) is 15.9 Å². The van der Waals surface area contributed by atoms with Crippen LogP contribution < -0.4 is 16.0 Å². The Morgan fingerprint density at radius 1 is 1.42 bits per heavy atom. The Morgan fingerprint density at radius 2 is 2.32 bits per heavy atom. The Morgan fingerprint density at radius 3 is 3.11 bits per heavy atom. The highest BCUT2D eigenvalue weighted by Gasteiger charge is 2.23. The summed E-state index contributed by atoms with van der Waals surface area (Å²) in [5, 5.41) is 8.57. The second kappa shape index (κ2) is 4.79. The highest BCUT2D eigenvalue weighted by molar-refractivity contribution is 5.95. The molecule has 1 aromatic rings. The topological polar surface area (TPSA) is 79.5 Å². The van der Waals surface area contributed by atoms with Crippen LogP contribution in [0.4, 0.5) is 10.5 Å². The number of hydrogen-bond acceptors (Lipinski definition) is 4. The van der Waals surface area contributed by atoms with Gasteiger partial charge in [0.2, 0.25) is 0 Å². The van der Waals surface area contributed by atoms with E-state index in [9.17, 15) is 9.59 Å². The Kier molecular flexibility index (Phi) is 2.98. The van der Waals surface area contributed by atoms with Gasteiger partial charge in [-0.2, -0.15) is 0 Å². The zero-order valence-corrected chi connectivity index (χ0v) is 10.4. The molecule has 1 saturated heterocycles. The van der Waals surface area contributed by atoms with Gasteiger partial charge in [-0.1, -0.05) is 0 Å². The van der Waals surface area contributed by atoms with Crippen molar-refractivity contribution in [1.82, 2.24) is 10.6 Å². The number of cyclic esters (lactones) is 1. The molecule has 3 rings (SSSR count). The van der Waals surface area contributed by atoms with Crippen molar-refractivity contribution in [1.29, 1.82) is 0 Å². The number of carbonyl (C=O) groups excluding carboxylic acids is 2. The smallest absolute Gasteiger partial charge is 0.407 e. The number of ether oxygens (including phenoxy) is 1. The van der Waals surface area contributed by atoms with Gasteiger partial charge in [0.05, 0.1) is 13.1 Å². The Hall–Kier alpha value is -2.24. The third-order valence-electron chi connectivity index (χ3n) is 3.32. The van der Waals surface area contributed by atoms with E-state index in [0.29, 0.717) is 18.7 Å². The molecular weight excluding hydrogens is 246 g/mol. The molecule has 1 atom stereocenters. The van der Waals surface area contributed by atoms with Gasteiger partial charge in [-0.3, -0.25) is 4.79 Å². The van der Waals surface area contributed by atoms with Crippen molar-refractivity contribution >= 4 is 17.7 Å². The second-order valence-electron chi connectivity index (χ2n) is 4.67. The summed E-state index contributed by atoms with van der Waals surface area (Å²) in [5.74, 6) is -0.141. The highest BCUT2D eigenvalue weighted by atomic mass is 16.6. The van der Waals surface area contributed by atoms with Gasteiger partial charge in [0.25, 0.3) is 5.91 Å². The molecule has 1 fully saturated rings. The van der Waals surface area contributed by atoms with E-state index in [2.05, 4.69) is 16.0 Å². The molecule has 6 heteroatoms. The maximum atomic E-state index is 12.0. The predicted molar refractivity (Wildman–Crippen MR) is 69.2 cm³/mol. The minimum atomic E-state index is -0.428. The predicted octanol–water partition coefficient (Wildman–Crippen LogP) is 0.493. The molecular formula is C13H15N3O3. The van der Waals surface area contributed by atoms with Gasteiger partial charge in [0.15, 0.2) is 0 Å². The van der Waals surface area contributed by atoms with E-state index in [4.69, 9.17) is 4.74 Å². The molecule has 0 radical (unpaired) electrons. The maximum Gasteiger partial charge on any atom is 0.407 e. The first-order valence-corrected chi connectivity index (χ1v) is 6.32. The summed E-state index contributed by atoms with van der Waals surface area (Å²) < 4.78 is 4.95. The fraction of sp³-hybridized carbons (Fsp3) is 0.385. The number of carbonyl (C=O) groups is 2. The lowest BCUT2D eigenvalue weighted by atomic mass is 10.1. The summed E-state index contributed by atoms with van der Waals surface area (Å²) >= 11 is 0. The first kappa shape index (κ1) is 11.8. The molecule has 19 heavy (non-hydrogen) atoms. The van der Waals surface area contributed by atoms with Crippen LogP contribution in [-0.4, -0.2) is 37.7 Å². The van der Waals surface area contributed by atoms with Gasteiger partial charge >= 0.3 is 6.09 Å². The van der Waals surface area contributed by atoms with Crippen molar-refractivity contribution in [2.75, 3.05) is 25.0 Å². The number of anilines is 1. The van der Waals surface area contributed by atoms with Crippen molar-refractivity contribution in [2.45, 2.75) is 12.5 Å². The first-order valence-electron chi connectivity index (χ1n) is 6.32. The zero-order valence-electron chi connectivity index (χ0n) is 10.4. The van der Waals surface area contributed by atoms with Crippen molar-refractivity contribution in [3.05, 3.63) is 29.3 Å². The fourth-order valence-electron chi connectivity index (χ4n) is 2.30. The van der Waals surface area contributed by atoms with Gasteiger partial charge in [0.1, 0.15) is 6.10 Å². The summed E-state index contributed by atoms with van der Waals surface area (Å²) in [4.78, 5) is 22.8. The Balaban J connectivity index is 1.59. The van der Waals surface area contributed by atoms with Crippen LogP contribution in [-0.2, 0) is 11.2 Å². The molecule has 2 amide bonds. The van der Waals surface area contributed by atoms with E-state index in [1.807, 2.05) is 12.1 Å². The molecule has 6 nitrogen and oxygen atoms in total. The summed E-state index contributed by atoms with van der Waals surface area (Å²) in [6.45, 7) is 1.68. The maximum absolute atomic E-state index is 12.0. The Bertz CT molecular complexity index is 530. The van der Waals surface area contributed by atoms with E-state index < -0.39 is 6.09 Å². The SMILES string of the molecule is O=C1NCC(CNC(=O)c2ccc3c(c2)CCN3)O1. The average molecular weight is 261 g/mol. The van der Waals surface area contributed by atoms with Gasteiger partial charge in [0, 0.05) is 17.8 Å². The molecule has 100 valence electrons. The minimum Gasteiger partial charge on any atom is -0.442 e. The van der Waals surface area contributed by atoms with Crippen molar-refractivity contribution in [2.24, 2.45) is 0 Å². The van der Waals surface area contributed by atoms with Crippen LogP contribution in [0, 0.1) is 0 Å². The second-order valence-corrected chi connectivity index (χ2v) is 4.67. The average Bonchev–Trinajstić information content (AvgIpc) is 3.03. The fourth-order valence-corrected chi connectivity index (χ4v) is 2.30. The van der Waals surface area contributed by atoms with E-state index in [-0.39, 0.29) is 12.0 Å². The van der Waals surface area contributed by atoms with Crippen molar-refractivity contribution < 1.29 is 14.3 Å². The molecule has 3 N–H and O–H groups in total. The van der Waals surface area contributed by atoms with Crippen LogP contribution in [0.3, 0.4) is 0 Å². The summed E-state index contributed by atoms with van der Waals surface area (Å²) in [5.41, 5.74) is 2.91.